The van der Waals surface area contributed by atoms with Gasteiger partial charge in [0.1, 0.15) is 0 Å². The molecule has 0 radical (unpaired) electrons. The Morgan fingerprint density at radius 2 is 2.21 bits per heavy atom. The summed E-state index contributed by atoms with van der Waals surface area (Å²) in [6.45, 7) is 5.97. The second-order valence-electron chi connectivity index (χ2n) is 5.25. The molecule has 19 heavy (non-hydrogen) atoms. The molecule has 6 nitrogen and oxygen atoms in total. The minimum Gasteiger partial charge on any atom is -0.493 e. The molecule has 2 heterocycles. The molecule has 0 aromatic carbocycles. The van der Waals surface area contributed by atoms with E-state index >= 15 is 0 Å². The van der Waals surface area contributed by atoms with Crippen LogP contribution in [-0.4, -0.2) is 66.5 Å². The second kappa shape index (κ2) is 5.90. The number of aromatic nitrogens is 2. The van der Waals surface area contributed by atoms with Crippen LogP contribution in [0.4, 0.5) is 0 Å². The summed E-state index contributed by atoms with van der Waals surface area (Å²) >= 11 is 0. The summed E-state index contributed by atoms with van der Waals surface area (Å²) in [6.07, 6.45) is 1.76. The first-order valence-corrected chi connectivity index (χ1v) is 6.82. The van der Waals surface area contributed by atoms with Crippen LogP contribution in [0.2, 0.25) is 0 Å². The molecule has 108 valence electrons. The van der Waals surface area contributed by atoms with E-state index in [-0.39, 0.29) is 12.1 Å². The summed E-state index contributed by atoms with van der Waals surface area (Å²) in [4.78, 5) is 4.65. The number of likely N-dealkylation sites (N-methyl/N-ethyl adjacent to an activating group) is 2. The Balaban J connectivity index is 2.27. The lowest BCUT2D eigenvalue weighted by Crippen LogP contribution is -2.54. The van der Waals surface area contributed by atoms with Crippen LogP contribution in [0.15, 0.2) is 6.20 Å². The Hall–Kier alpha value is -1.11. The molecule has 2 N–H and O–H groups in total. The second-order valence-corrected chi connectivity index (χ2v) is 5.25. The highest BCUT2D eigenvalue weighted by molar-refractivity contribution is 5.29. The van der Waals surface area contributed by atoms with Crippen molar-refractivity contribution in [1.82, 2.24) is 19.6 Å². The number of methoxy groups -OCH3 is 1. The van der Waals surface area contributed by atoms with Gasteiger partial charge in [-0.1, -0.05) is 0 Å². The van der Waals surface area contributed by atoms with Crippen molar-refractivity contribution in [1.29, 1.82) is 0 Å². The largest absolute Gasteiger partial charge is 0.493 e. The van der Waals surface area contributed by atoms with Crippen LogP contribution in [0.1, 0.15) is 18.7 Å². The van der Waals surface area contributed by atoms with Crippen LogP contribution >= 0.6 is 0 Å². The summed E-state index contributed by atoms with van der Waals surface area (Å²) in [5.41, 5.74) is 7.51. The van der Waals surface area contributed by atoms with E-state index in [2.05, 4.69) is 35.9 Å². The lowest BCUT2D eigenvalue weighted by Gasteiger charge is -2.40. The number of piperazine rings is 1. The van der Waals surface area contributed by atoms with E-state index in [4.69, 9.17) is 10.5 Å². The first-order chi connectivity index (χ1) is 9.08. The Kier molecular flexibility index (Phi) is 4.44. The average molecular weight is 267 g/mol. The van der Waals surface area contributed by atoms with Gasteiger partial charge in [-0.2, -0.15) is 5.10 Å². The summed E-state index contributed by atoms with van der Waals surface area (Å²) in [5.74, 6) is 0.788. The Labute approximate surface area is 115 Å². The molecule has 1 aliphatic rings. The predicted molar refractivity (Wildman–Crippen MR) is 75.3 cm³/mol. The summed E-state index contributed by atoms with van der Waals surface area (Å²) < 4.78 is 7.34. The molecule has 6 heteroatoms. The fourth-order valence-corrected chi connectivity index (χ4v) is 2.74. The smallest absolute Gasteiger partial charge is 0.161 e. The predicted octanol–water partition coefficient (Wildman–Crippen LogP) is 0.157. The number of ether oxygens (including phenoxy) is 1. The molecule has 1 aromatic rings. The molecule has 0 amide bonds. The number of nitrogens with two attached hydrogens (primary N) is 1. The third-order valence-corrected chi connectivity index (χ3v) is 3.99. The van der Waals surface area contributed by atoms with E-state index < -0.39 is 0 Å². The van der Waals surface area contributed by atoms with Gasteiger partial charge in [-0.15, -0.1) is 0 Å². The van der Waals surface area contributed by atoms with Gasteiger partial charge in [-0.25, -0.2) is 0 Å². The van der Waals surface area contributed by atoms with Crippen LogP contribution in [0.25, 0.3) is 0 Å². The fraction of sp³-hybridized carbons (Fsp3) is 0.769. The molecular weight excluding hydrogens is 242 g/mol. The molecule has 0 aliphatic carbocycles. The van der Waals surface area contributed by atoms with Gasteiger partial charge in [0.2, 0.25) is 0 Å². The van der Waals surface area contributed by atoms with Crippen LogP contribution in [0.5, 0.6) is 5.75 Å². The quantitative estimate of drug-likeness (QED) is 0.842. The maximum Gasteiger partial charge on any atom is 0.161 e. The van der Waals surface area contributed by atoms with Crippen LogP contribution < -0.4 is 10.5 Å². The van der Waals surface area contributed by atoms with Crippen molar-refractivity contribution in [3.05, 3.63) is 11.9 Å². The standard InChI is InChI=1S/C13H25N5O/c1-5-18-13(11(19-4)8-15-18)12(14)10-9-16(2)6-7-17(10)3/h8,10,12H,5-7,9,14H2,1-4H3. The number of nitrogens with zero attached hydrogens (tertiary/aromatic N) is 4. The van der Waals surface area contributed by atoms with Crippen molar-refractivity contribution in [2.45, 2.75) is 25.6 Å². The average Bonchev–Trinajstić information content (AvgIpc) is 2.83. The van der Waals surface area contributed by atoms with Gasteiger partial charge in [0.05, 0.1) is 25.0 Å². The van der Waals surface area contributed by atoms with Crippen molar-refractivity contribution in [3.8, 4) is 5.75 Å². The summed E-state index contributed by atoms with van der Waals surface area (Å²) in [5, 5.41) is 4.34. The zero-order valence-electron chi connectivity index (χ0n) is 12.3. The highest BCUT2D eigenvalue weighted by Crippen LogP contribution is 2.28. The lowest BCUT2D eigenvalue weighted by atomic mass is 10.0. The van der Waals surface area contributed by atoms with Crippen molar-refractivity contribution in [2.75, 3.05) is 40.8 Å². The van der Waals surface area contributed by atoms with Gasteiger partial charge in [-0.05, 0) is 21.0 Å². The molecule has 2 unspecified atom stereocenters. The third kappa shape index (κ3) is 2.75. The Bertz CT molecular complexity index is 398. The van der Waals surface area contributed by atoms with Gasteiger partial charge in [0, 0.05) is 32.2 Å². The molecule has 1 fully saturated rings. The minimum absolute atomic E-state index is 0.0925. The molecule has 1 aromatic heterocycles. The van der Waals surface area contributed by atoms with E-state index in [1.54, 1.807) is 13.3 Å². The van der Waals surface area contributed by atoms with Crippen molar-refractivity contribution < 1.29 is 4.74 Å². The Morgan fingerprint density at radius 3 is 2.84 bits per heavy atom. The number of hydrogen-bond donors (Lipinski definition) is 1. The lowest BCUT2D eigenvalue weighted by molar-refractivity contribution is 0.0947. The minimum atomic E-state index is -0.0925. The molecule has 1 aliphatic heterocycles. The SMILES string of the molecule is CCn1ncc(OC)c1C(N)C1CN(C)CCN1C. The highest BCUT2D eigenvalue weighted by atomic mass is 16.5. The highest BCUT2D eigenvalue weighted by Gasteiger charge is 2.32. The maximum absolute atomic E-state index is 6.51. The summed E-state index contributed by atoms with van der Waals surface area (Å²) in [6, 6.07) is 0.194. The third-order valence-electron chi connectivity index (χ3n) is 3.99. The molecule has 1 saturated heterocycles. The number of rotatable bonds is 4. The molecule has 0 saturated carbocycles. The van der Waals surface area contributed by atoms with E-state index in [0.29, 0.717) is 0 Å². The van der Waals surface area contributed by atoms with Crippen LogP contribution in [0, 0.1) is 0 Å². The molecule has 2 rings (SSSR count). The zero-order valence-corrected chi connectivity index (χ0v) is 12.3. The monoisotopic (exact) mass is 267 g/mol. The Morgan fingerprint density at radius 1 is 1.47 bits per heavy atom. The normalized spacial score (nSPS) is 23.5. The van der Waals surface area contributed by atoms with Crippen LogP contribution in [-0.2, 0) is 6.54 Å². The van der Waals surface area contributed by atoms with E-state index in [1.165, 1.54) is 0 Å². The van der Waals surface area contributed by atoms with Crippen molar-refractivity contribution >= 4 is 0 Å². The van der Waals surface area contributed by atoms with Gasteiger partial charge in [-0.3, -0.25) is 9.58 Å². The molecular formula is C13H25N5O. The fourth-order valence-electron chi connectivity index (χ4n) is 2.74. The number of aryl methyl sites for hydroxylation is 1. The van der Waals surface area contributed by atoms with E-state index in [0.717, 1.165) is 37.6 Å². The molecule has 2 atom stereocenters. The molecule has 0 bridgehead atoms. The van der Waals surface area contributed by atoms with Gasteiger partial charge in [0.15, 0.2) is 5.75 Å². The van der Waals surface area contributed by atoms with E-state index in [1.807, 2.05) is 4.68 Å². The number of hydrogen-bond acceptors (Lipinski definition) is 5. The first kappa shape index (κ1) is 14.3. The maximum atomic E-state index is 6.51. The van der Waals surface area contributed by atoms with Crippen molar-refractivity contribution in [3.63, 3.8) is 0 Å². The van der Waals surface area contributed by atoms with Gasteiger partial charge >= 0.3 is 0 Å². The van der Waals surface area contributed by atoms with Crippen LogP contribution in [0.3, 0.4) is 0 Å². The molecule has 0 spiro atoms. The van der Waals surface area contributed by atoms with Gasteiger partial charge < -0.3 is 15.4 Å². The first-order valence-electron chi connectivity index (χ1n) is 6.82. The van der Waals surface area contributed by atoms with E-state index in [9.17, 15) is 0 Å². The van der Waals surface area contributed by atoms with Crippen molar-refractivity contribution in [2.24, 2.45) is 5.73 Å². The summed E-state index contributed by atoms with van der Waals surface area (Å²) in [7, 11) is 5.95. The topological polar surface area (TPSA) is 59.6 Å². The van der Waals surface area contributed by atoms with Gasteiger partial charge in [0.25, 0.3) is 0 Å². The zero-order chi connectivity index (χ0) is 14.0.